The number of nitrogens with one attached hydrogen (secondary N) is 2. The predicted molar refractivity (Wildman–Crippen MR) is 137 cm³/mol. The maximum absolute atomic E-state index is 11.3. The minimum absolute atomic E-state index is 0.110. The number of aromatic nitrogens is 4. The summed E-state index contributed by atoms with van der Waals surface area (Å²) in [6, 6.07) is 1.91. The third-order valence-corrected chi connectivity index (χ3v) is 8.21. The minimum Gasteiger partial charge on any atom is -0.396 e. The van der Waals surface area contributed by atoms with Gasteiger partial charge in [-0.15, -0.1) is 11.3 Å². The monoisotopic (exact) mass is 498 g/mol. The summed E-state index contributed by atoms with van der Waals surface area (Å²) in [7, 11) is 0. The maximum Gasteiger partial charge on any atom is 0.224 e. The lowest BCUT2D eigenvalue weighted by Crippen LogP contribution is -2.48. The van der Waals surface area contributed by atoms with Crippen LogP contribution in [0.3, 0.4) is 0 Å². The molecule has 0 radical (unpaired) electrons. The second-order valence-corrected chi connectivity index (χ2v) is 11.9. The fourth-order valence-corrected chi connectivity index (χ4v) is 6.04. The largest absolute Gasteiger partial charge is 0.396 e. The van der Waals surface area contributed by atoms with Gasteiger partial charge in [-0.3, -0.25) is 4.98 Å². The standard InChI is InChI=1S/C25H34N6O3S/c1-14-19(22-29-17-11-26-9-7-18(17)35-22)21(31-25(34)8-6-16(12-32)20(25)33)30-23(28-14)27-13-24(2,3)10-15-4-5-15/h7,9,11,15-16,20,32-34H,4-6,8,10,12-13H2,1-3H3,(H2,27,28,30,31)/t16-,20-,25-/m1/s1. The molecule has 0 saturated heterocycles. The van der Waals surface area contributed by atoms with Crippen molar-refractivity contribution in [1.82, 2.24) is 19.9 Å². The topological polar surface area (TPSA) is 136 Å². The molecule has 0 amide bonds. The summed E-state index contributed by atoms with van der Waals surface area (Å²) in [5, 5.41) is 38.9. The average Bonchev–Trinajstić information content (AvgIpc) is 3.43. The van der Waals surface area contributed by atoms with Gasteiger partial charge in [0.15, 0.2) is 5.72 Å². The van der Waals surface area contributed by atoms with Crippen LogP contribution in [0.1, 0.15) is 51.6 Å². The molecule has 3 aromatic heterocycles. The zero-order valence-corrected chi connectivity index (χ0v) is 21.3. The molecule has 3 heterocycles. The molecule has 0 unspecified atom stereocenters. The van der Waals surface area contributed by atoms with Gasteiger partial charge in [0.1, 0.15) is 22.4 Å². The van der Waals surface area contributed by atoms with E-state index in [-0.39, 0.29) is 12.0 Å². The molecule has 5 rings (SSSR count). The lowest BCUT2D eigenvalue weighted by atomic mass is 9.87. The SMILES string of the molecule is Cc1nc(NCC(C)(C)CC2CC2)nc(N[C@@]2(O)CC[C@H](CO)[C@H]2O)c1-c1nc2cnccc2s1. The Kier molecular flexibility index (Phi) is 6.41. The Balaban J connectivity index is 1.50. The minimum atomic E-state index is -1.61. The van der Waals surface area contributed by atoms with Crippen LogP contribution in [0.4, 0.5) is 11.8 Å². The second kappa shape index (κ2) is 9.24. The lowest BCUT2D eigenvalue weighted by Gasteiger charge is -2.31. The second-order valence-electron chi connectivity index (χ2n) is 10.9. The molecule has 3 aromatic rings. The van der Waals surface area contributed by atoms with Crippen LogP contribution >= 0.6 is 11.3 Å². The van der Waals surface area contributed by atoms with Crippen LogP contribution in [0.5, 0.6) is 0 Å². The molecule has 2 aliphatic carbocycles. The normalized spacial score (nSPS) is 24.7. The van der Waals surface area contributed by atoms with E-state index >= 15 is 0 Å². The van der Waals surface area contributed by atoms with Gasteiger partial charge < -0.3 is 26.0 Å². The quantitative estimate of drug-likeness (QED) is 0.281. The molecule has 0 bridgehead atoms. The Bertz CT molecular complexity index is 1180. The fourth-order valence-electron chi connectivity index (χ4n) is 5.01. The van der Waals surface area contributed by atoms with Gasteiger partial charge >= 0.3 is 0 Å². The Morgan fingerprint density at radius 1 is 1.20 bits per heavy atom. The number of aliphatic hydroxyl groups is 3. The highest BCUT2D eigenvalue weighted by atomic mass is 32.1. The van der Waals surface area contributed by atoms with Gasteiger partial charge in [0, 0.05) is 25.3 Å². The molecule has 9 nitrogen and oxygen atoms in total. The van der Waals surface area contributed by atoms with Crippen LogP contribution < -0.4 is 10.6 Å². The van der Waals surface area contributed by atoms with E-state index < -0.39 is 17.7 Å². The van der Waals surface area contributed by atoms with Gasteiger partial charge in [0.05, 0.1) is 22.2 Å². The van der Waals surface area contributed by atoms with E-state index in [1.54, 1.807) is 12.4 Å². The highest BCUT2D eigenvalue weighted by Gasteiger charge is 2.47. The van der Waals surface area contributed by atoms with Gasteiger partial charge in [0.2, 0.25) is 5.95 Å². The highest BCUT2D eigenvalue weighted by molar-refractivity contribution is 7.21. The molecule has 0 spiro atoms. The summed E-state index contributed by atoms with van der Waals surface area (Å²) < 4.78 is 0.990. The van der Waals surface area contributed by atoms with E-state index in [0.29, 0.717) is 40.9 Å². The van der Waals surface area contributed by atoms with Crippen LogP contribution in [0.15, 0.2) is 18.5 Å². The summed E-state index contributed by atoms with van der Waals surface area (Å²) in [5.41, 5.74) is 0.679. The Morgan fingerprint density at radius 3 is 2.69 bits per heavy atom. The number of fused-ring (bicyclic) bond motifs is 1. The molecular weight excluding hydrogens is 464 g/mol. The van der Waals surface area contributed by atoms with Crippen LogP contribution in [-0.4, -0.2) is 60.2 Å². The molecule has 2 aliphatic rings. The molecule has 188 valence electrons. The van der Waals surface area contributed by atoms with Crippen molar-refractivity contribution in [2.45, 2.75) is 64.7 Å². The fraction of sp³-hybridized carbons (Fsp3) is 0.600. The maximum atomic E-state index is 11.3. The smallest absolute Gasteiger partial charge is 0.224 e. The Labute approximate surface area is 209 Å². The lowest BCUT2D eigenvalue weighted by molar-refractivity contribution is -0.0545. The average molecular weight is 499 g/mol. The summed E-state index contributed by atoms with van der Waals surface area (Å²) >= 11 is 1.50. The van der Waals surface area contributed by atoms with E-state index in [1.165, 1.54) is 24.2 Å². The number of aryl methyl sites for hydroxylation is 1. The van der Waals surface area contributed by atoms with E-state index in [9.17, 15) is 15.3 Å². The molecule has 3 atom stereocenters. The van der Waals surface area contributed by atoms with Crippen LogP contribution in [0.2, 0.25) is 0 Å². The summed E-state index contributed by atoms with van der Waals surface area (Å²) in [5.74, 6) is 1.30. The Hall–Kier alpha value is -2.40. The zero-order chi connectivity index (χ0) is 24.8. The Morgan fingerprint density at radius 2 is 2.00 bits per heavy atom. The van der Waals surface area contributed by atoms with Crippen molar-refractivity contribution >= 4 is 33.3 Å². The number of anilines is 2. The molecular formula is C25H34N6O3S. The van der Waals surface area contributed by atoms with E-state index in [0.717, 1.165) is 29.1 Å². The van der Waals surface area contributed by atoms with E-state index in [2.05, 4.69) is 29.5 Å². The molecule has 5 N–H and O–H groups in total. The predicted octanol–water partition coefficient (Wildman–Crippen LogP) is 3.56. The number of thiazole rings is 1. The summed E-state index contributed by atoms with van der Waals surface area (Å²) in [4.78, 5) is 18.4. The van der Waals surface area contributed by atoms with Gasteiger partial charge in [-0.1, -0.05) is 26.7 Å². The first-order chi connectivity index (χ1) is 16.7. The third kappa shape index (κ3) is 5.11. The van der Waals surface area contributed by atoms with Gasteiger partial charge in [-0.05, 0) is 43.6 Å². The van der Waals surface area contributed by atoms with Crippen LogP contribution in [0, 0.1) is 24.2 Å². The molecule has 10 heteroatoms. The first-order valence-corrected chi connectivity index (χ1v) is 13.1. The molecule has 35 heavy (non-hydrogen) atoms. The van der Waals surface area contributed by atoms with Gasteiger partial charge in [-0.2, -0.15) is 4.98 Å². The van der Waals surface area contributed by atoms with E-state index in [4.69, 9.17) is 15.0 Å². The van der Waals surface area contributed by atoms with Crippen LogP contribution in [-0.2, 0) is 0 Å². The van der Waals surface area contributed by atoms with E-state index in [1.807, 2.05) is 13.0 Å². The number of aliphatic hydroxyl groups excluding tert-OH is 2. The highest BCUT2D eigenvalue weighted by Crippen LogP contribution is 2.42. The summed E-state index contributed by atoms with van der Waals surface area (Å²) in [6.07, 6.45) is 6.92. The first kappa shape index (κ1) is 24.3. The van der Waals surface area contributed by atoms with Crippen molar-refractivity contribution in [3.63, 3.8) is 0 Å². The van der Waals surface area contributed by atoms with Gasteiger partial charge in [0.25, 0.3) is 0 Å². The summed E-state index contributed by atoms with van der Waals surface area (Å²) in [6.45, 7) is 6.95. The van der Waals surface area contributed by atoms with Crippen molar-refractivity contribution in [2.75, 3.05) is 23.8 Å². The van der Waals surface area contributed by atoms with Crippen LogP contribution in [0.25, 0.3) is 20.8 Å². The third-order valence-electron chi connectivity index (χ3n) is 7.16. The van der Waals surface area contributed by atoms with Crippen molar-refractivity contribution in [3.8, 4) is 10.6 Å². The first-order valence-electron chi connectivity index (χ1n) is 12.3. The number of hydrogen-bond acceptors (Lipinski definition) is 10. The number of rotatable bonds is 9. The number of nitrogens with zero attached hydrogens (tertiary/aromatic N) is 4. The molecule has 0 aromatic carbocycles. The molecule has 2 saturated carbocycles. The van der Waals surface area contributed by atoms with Gasteiger partial charge in [-0.25, -0.2) is 9.97 Å². The number of pyridine rings is 1. The molecule has 0 aliphatic heterocycles. The van der Waals surface area contributed by atoms with Crippen molar-refractivity contribution in [2.24, 2.45) is 17.3 Å². The van der Waals surface area contributed by atoms with Crippen molar-refractivity contribution in [3.05, 3.63) is 24.2 Å². The van der Waals surface area contributed by atoms with Crippen molar-refractivity contribution < 1.29 is 15.3 Å². The number of hydrogen-bond donors (Lipinski definition) is 5. The van der Waals surface area contributed by atoms with Crippen molar-refractivity contribution in [1.29, 1.82) is 0 Å². The zero-order valence-electron chi connectivity index (χ0n) is 20.5. The molecule has 2 fully saturated rings.